The van der Waals surface area contributed by atoms with Gasteiger partial charge in [0.1, 0.15) is 11.8 Å². The van der Waals surface area contributed by atoms with Crippen molar-refractivity contribution in [2.45, 2.75) is 38.2 Å². The van der Waals surface area contributed by atoms with Gasteiger partial charge in [0.25, 0.3) is 0 Å². The summed E-state index contributed by atoms with van der Waals surface area (Å²) in [7, 11) is 1.43. The van der Waals surface area contributed by atoms with Crippen LogP contribution < -0.4 is 5.32 Å². The highest BCUT2D eigenvalue weighted by Gasteiger charge is 2.52. The number of benzene rings is 3. The summed E-state index contributed by atoms with van der Waals surface area (Å²) < 4.78 is 12.1. The molecule has 1 amide bonds. The van der Waals surface area contributed by atoms with Crippen LogP contribution in [0.4, 0.5) is 10.6 Å². The number of hydrogen-bond donors (Lipinski definition) is 1. The lowest BCUT2D eigenvalue weighted by molar-refractivity contribution is -0.143. The summed E-state index contributed by atoms with van der Waals surface area (Å²) in [5.41, 5.74) is 4.50. The first-order valence-corrected chi connectivity index (χ1v) is 12.6. The van der Waals surface area contributed by atoms with Crippen molar-refractivity contribution in [3.05, 3.63) is 94.6 Å². The Bertz CT molecular complexity index is 1480. The van der Waals surface area contributed by atoms with Gasteiger partial charge in [0.2, 0.25) is 0 Å². The van der Waals surface area contributed by atoms with Crippen molar-refractivity contribution in [1.29, 1.82) is 0 Å². The molecule has 1 aromatic heterocycles. The molecule has 1 aliphatic rings. The first-order valence-electron chi connectivity index (χ1n) is 12.3. The fourth-order valence-corrected chi connectivity index (χ4v) is 4.83. The van der Waals surface area contributed by atoms with Crippen LogP contribution in [0.2, 0.25) is 5.02 Å². The molecular weight excluding hydrogens is 504 g/mol. The van der Waals surface area contributed by atoms with Crippen molar-refractivity contribution in [1.82, 2.24) is 15.0 Å². The summed E-state index contributed by atoms with van der Waals surface area (Å²) in [5, 5.41) is 11.6. The molecule has 0 bridgehead atoms. The molecule has 3 aromatic carbocycles. The van der Waals surface area contributed by atoms with Crippen LogP contribution in [0.15, 0.2) is 72.8 Å². The zero-order valence-corrected chi connectivity index (χ0v) is 22.0. The lowest BCUT2D eigenvalue weighted by Crippen LogP contribution is -2.21. The number of amides is 1. The summed E-state index contributed by atoms with van der Waals surface area (Å²) in [4.78, 5) is 24.8. The standard InChI is InChI=1S/C29H27ClN4O4/c1-18-26(31-28(36)38-19(2)24-6-4-5-7-25(24)30)34(33-32-18)23-14-10-21(11-15-23)20-8-12-22(13-9-20)29(16-17-29)27(35)37-3/h4-15,19H,16-17H2,1-3H3,(H,31,36)/t19-/m1/s1. The Morgan fingerprint density at radius 2 is 1.63 bits per heavy atom. The number of rotatable bonds is 7. The Hall–Kier alpha value is -4.17. The van der Waals surface area contributed by atoms with Crippen LogP contribution in [0.5, 0.6) is 0 Å². The van der Waals surface area contributed by atoms with E-state index in [0.29, 0.717) is 22.1 Å². The van der Waals surface area contributed by atoms with E-state index in [9.17, 15) is 9.59 Å². The Labute approximate surface area is 225 Å². The molecule has 9 heteroatoms. The van der Waals surface area contributed by atoms with Gasteiger partial charge in [0.05, 0.1) is 18.2 Å². The monoisotopic (exact) mass is 530 g/mol. The maximum absolute atomic E-state index is 12.7. The van der Waals surface area contributed by atoms with Gasteiger partial charge in [-0.15, -0.1) is 5.10 Å². The van der Waals surface area contributed by atoms with E-state index < -0.39 is 17.6 Å². The van der Waals surface area contributed by atoms with Crippen LogP contribution >= 0.6 is 11.6 Å². The highest BCUT2D eigenvalue weighted by Crippen LogP contribution is 2.49. The van der Waals surface area contributed by atoms with Gasteiger partial charge in [-0.05, 0) is 61.6 Å². The van der Waals surface area contributed by atoms with Crippen LogP contribution in [-0.4, -0.2) is 34.2 Å². The molecule has 1 N–H and O–H groups in total. The number of carbonyl (C=O) groups is 2. The number of carbonyl (C=O) groups excluding carboxylic acids is 2. The number of halogens is 1. The Morgan fingerprint density at radius 1 is 1.00 bits per heavy atom. The van der Waals surface area contributed by atoms with Crippen molar-refractivity contribution >= 4 is 29.5 Å². The maximum atomic E-state index is 12.7. The molecule has 0 aliphatic heterocycles. The molecule has 1 saturated carbocycles. The molecule has 0 saturated heterocycles. The molecule has 4 aromatic rings. The minimum Gasteiger partial charge on any atom is -0.468 e. The highest BCUT2D eigenvalue weighted by atomic mass is 35.5. The van der Waals surface area contributed by atoms with E-state index in [1.165, 1.54) is 7.11 Å². The van der Waals surface area contributed by atoms with Crippen LogP contribution in [0, 0.1) is 6.92 Å². The summed E-state index contributed by atoms with van der Waals surface area (Å²) in [5.74, 6) is 0.236. The first-order chi connectivity index (χ1) is 18.3. The number of anilines is 1. The Morgan fingerprint density at radius 3 is 2.24 bits per heavy atom. The minimum atomic E-state index is -0.638. The van der Waals surface area contributed by atoms with E-state index in [-0.39, 0.29) is 5.97 Å². The number of aromatic nitrogens is 3. The van der Waals surface area contributed by atoms with Crippen molar-refractivity contribution in [3.8, 4) is 16.8 Å². The molecule has 1 heterocycles. The van der Waals surface area contributed by atoms with Crippen LogP contribution in [0.3, 0.4) is 0 Å². The number of nitrogens with one attached hydrogen (secondary N) is 1. The number of aryl methyl sites for hydroxylation is 1. The average molecular weight is 531 g/mol. The zero-order chi connectivity index (χ0) is 26.9. The van der Waals surface area contributed by atoms with E-state index in [1.807, 2.05) is 66.7 Å². The number of hydrogen-bond acceptors (Lipinski definition) is 6. The molecule has 1 aliphatic carbocycles. The molecule has 8 nitrogen and oxygen atoms in total. The second-order valence-corrected chi connectivity index (χ2v) is 9.73. The fraction of sp³-hybridized carbons (Fsp3) is 0.241. The topological polar surface area (TPSA) is 95.3 Å². The van der Waals surface area contributed by atoms with Crippen LogP contribution in [-0.2, 0) is 19.7 Å². The summed E-state index contributed by atoms with van der Waals surface area (Å²) in [6.45, 7) is 3.52. The van der Waals surface area contributed by atoms with Gasteiger partial charge in [-0.3, -0.25) is 10.1 Å². The summed E-state index contributed by atoms with van der Waals surface area (Å²) in [6, 6.07) is 23.0. The van der Waals surface area contributed by atoms with Crippen LogP contribution in [0.25, 0.3) is 16.8 Å². The molecule has 1 atom stereocenters. The Balaban J connectivity index is 1.30. The maximum Gasteiger partial charge on any atom is 0.413 e. The number of methoxy groups -OCH3 is 1. The van der Waals surface area contributed by atoms with Crippen molar-refractivity contribution in [3.63, 3.8) is 0 Å². The van der Waals surface area contributed by atoms with Crippen LogP contribution in [0.1, 0.15) is 42.7 Å². The second-order valence-electron chi connectivity index (χ2n) is 9.33. The third kappa shape index (κ3) is 4.87. The smallest absolute Gasteiger partial charge is 0.413 e. The first kappa shape index (κ1) is 25.5. The number of esters is 1. The lowest BCUT2D eigenvalue weighted by atomic mass is 9.94. The second kappa shape index (κ2) is 10.3. The van der Waals surface area contributed by atoms with E-state index >= 15 is 0 Å². The predicted octanol–water partition coefficient (Wildman–Crippen LogP) is 6.41. The third-order valence-corrected chi connectivity index (χ3v) is 7.24. The molecule has 5 rings (SSSR count). The van der Waals surface area contributed by atoms with Crippen molar-refractivity contribution in [2.75, 3.05) is 12.4 Å². The van der Waals surface area contributed by atoms with Gasteiger partial charge in [-0.1, -0.05) is 71.4 Å². The summed E-state index contributed by atoms with van der Waals surface area (Å²) >= 11 is 6.23. The van der Waals surface area contributed by atoms with Gasteiger partial charge in [0.15, 0.2) is 5.82 Å². The van der Waals surface area contributed by atoms with Gasteiger partial charge in [-0.25, -0.2) is 4.79 Å². The van der Waals surface area contributed by atoms with Gasteiger partial charge in [-0.2, -0.15) is 4.68 Å². The van der Waals surface area contributed by atoms with Gasteiger partial charge >= 0.3 is 12.1 Å². The van der Waals surface area contributed by atoms with Crippen molar-refractivity contribution in [2.24, 2.45) is 0 Å². The number of nitrogens with zero attached hydrogens (tertiary/aromatic N) is 3. The molecule has 0 unspecified atom stereocenters. The van der Waals surface area contributed by atoms with E-state index in [4.69, 9.17) is 21.1 Å². The average Bonchev–Trinajstić information content (AvgIpc) is 3.67. The van der Waals surface area contributed by atoms with E-state index in [2.05, 4.69) is 15.6 Å². The van der Waals surface area contributed by atoms with Gasteiger partial charge in [0, 0.05) is 10.6 Å². The molecular formula is C29H27ClN4O4. The Kier molecular flexibility index (Phi) is 6.91. The SMILES string of the molecule is COC(=O)C1(c2ccc(-c3ccc(-n4nnc(C)c4NC(=O)O[C@H](C)c4ccccc4Cl)cc3)cc2)CC1. The van der Waals surface area contributed by atoms with Gasteiger partial charge < -0.3 is 9.47 Å². The minimum absolute atomic E-state index is 0.177. The molecule has 1 fully saturated rings. The predicted molar refractivity (Wildman–Crippen MR) is 144 cm³/mol. The lowest BCUT2D eigenvalue weighted by Gasteiger charge is -2.16. The molecule has 38 heavy (non-hydrogen) atoms. The van der Waals surface area contributed by atoms with E-state index in [0.717, 1.165) is 35.2 Å². The molecule has 194 valence electrons. The normalized spacial score (nSPS) is 14.4. The number of ether oxygens (including phenoxy) is 2. The third-order valence-electron chi connectivity index (χ3n) is 6.89. The molecule has 0 spiro atoms. The zero-order valence-electron chi connectivity index (χ0n) is 21.3. The largest absolute Gasteiger partial charge is 0.468 e. The summed E-state index contributed by atoms with van der Waals surface area (Å²) in [6.07, 6.45) is 0.449. The van der Waals surface area contributed by atoms with Crippen molar-refractivity contribution < 1.29 is 19.1 Å². The highest BCUT2D eigenvalue weighted by molar-refractivity contribution is 6.31. The fourth-order valence-electron chi connectivity index (χ4n) is 4.54. The molecule has 0 radical (unpaired) electrons. The quantitative estimate of drug-likeness (QED) is 0.277. The van der Waals surface area contributed by atoms with E-state index in [1.54, 1.807) is 24.6 Å².